The molecule has 0 bridgehead atoms. The Kier molecular flexibility index (Phi) is 4.57. The van der Waals surface area contributed by atoms with Gasteiger partial charge >= 0.3 is 0 Å². The Balaban J connectivity index is 2.15. The predicted molar refractivity (Wildman–Crippen MR) is 81.4 cm³/mol. The molecule has 0 aromatic heterocycles. The molecule has 2 aromatic carbocycles. The SMILES string of the molecule is C=CC(/C=C/c1ccccc1)c1ccc(OC)cc1. The average molecular weight is 250 g/mol. The third-order valence-electron chi connectivity index (χ3n) is 3.05. The average Bonchev–Trinajstić information content (AvgIpc) is 2.49. The Morgan fingerprint density at radius 3 is 2.26 bits per heavy atom. The molecule has 19 heavy (non-hydrogen) atoms. The number of rotatable bonds is 5. The first kappa shape index (κ1) is 13.2. The van der Waals surface area contributed by atoms with E-state index in [0.717, 1.165) is 5.75 Å². The van der Waals surface area contributed by atoms with E-state index in [1.54, 1.807) is 7.11 Å². The van der Waals surface area contributed by atoms with Crippen LogP contribution in [0.2, 0.25) is 0 Å². The van der Waals surface area contributed by atoms with Gasteiger partial charge in [-0.1, -0.05) is 60.7 Å². The fourth-order valence-corrected chi connectivity index (χ4v) is 1.93. The summed E-state index contributed by atoms with van der Waals surface area (Å²) in [5, 5.41) is 0. The maximum absolute atomic E-state index is 5.17. The van der Waals surface area contributed by atoms with Crippen molar-refractivity contribution in [2.45, 2.75) is 5.92 Å². The van der Waals surface area contributed by atoms with E-state index in [1.165, 1.54) is 11.1 Å². The molecule has 2 rings (SSSR count). The van der Waals surface area contributed by atoms with Crippen LogP contribution >= 0.6 is 0 Å². The van der Waals surface area contributed by atoms with Crippen LogP contribution in [0, 0.1) is 0 Å². The van der Waals surface area contributed by atoms with Gasteiger partial charge in [0.1, 0.15) is 5.75 Å². The Morgan fingerprint density at radius 1 is 1.00 bits per heavy atom. The lowest BCUT2D eigenvalue weighted by atomic mass is 9.98. The Labute approximate surface area is 114 Å². The predicted octanol–water partition coefficient (Wildman–Crippen LogP) is 4.68. The van der Waals surface area contributed by atoms with Crippen LogP contribution in [0.5, 0.6) is 5.75 Å². The maximum atomic E-state index is 5.17. The van der Waals surface area contributed by atoms with Gasteiger partial charge in [-0.25, -0.2) is 0 Å². The van der Waals surface area contributed by atoms with Gasteiger partial charge in [0.2, 0.25) is 0 Å². The van der Waals surface area contributed by atoms with Crippen LogP contribution in [-0.4, -0.2) is 7.11 Å². The summed E-state index contributed by atoms with van der Waals surface area (Å²) in [6.07, 6.45) is 6.22. The van der Waals surface area contributed by atoms with Crippen molar-refractivity contribution < 1.29 is 4.74 Å². The van der Waals surface area contributed by atoms with E-state index in [2.05, 4.69) is 43.0 Å². The Hall–Kier alpha value is -2.28. The molecule has 96 valence electrons. The molecular weight excluding hydrogens is 232 g/mol. The summed E-state index contributed by atoms with van der Waals surface area (Å²) >= 11 is 0. The summed E-state index contributed by atoms with van der Waals surface area (Å²) in [6, 6.07) is 18.4. The Bertz CT molecular complexity index is 538. The normalized spacial score (nSPS) is 12.3. The van der Waals surface area contributed by atoms with Crippen molar-refractivity contribution in [3.8, 4) is 5.75 Å². The second-order valence-electron chi connectivity index (χ2n) is 4.30. The minimum Gasteiger partial charge on any atom is -0.497 e. The van der Waals surface area contributed by atoms with Crippen molar-refractivity contribution >= 4 is 6.08 Å². The van der Waals surface area contributed by atoms with Gasteiger partial charge in [0, 0.05) is 5.92 Å². The molecule has 0 radical (unpaired) electrons. The summed E-state index contributed by atoms with van der Waals surface area (Å²) in [5.74, 6) is 1.09. The van der Waals surface area contributed by atoms with Crippen LogP contribution < -0.4 is 4.74 Å². The molecule has 1 heteroatoms. The van der Waals surface area contributed by atoms with Crippen molar-refractivity contribution in [3.63, 3.8) is 0 Å². The van der Waals surface area contributed by atoms with Crippen molar-refractivity contribution in [1.29, 1.82) is 0 Å². The van der Waals surface area contributed by atoms with Crippen LogP contribution in [0.3, 0.4) is 0 Å². The molecule has 1 nitrogen and oxygen atoms in total. The molecule has 0 amide bonds. The lowest BCUT2D eigenvalue weighted by Gasteiger charge is -2.09. The van der Waals surface area contributed by atoms with Gasteiger partial charge in [-0.3, -0.25) is 0 Å². The number of hydrogen-bond donors (Lipinski definition) is 0. The van der Waals surface area contributed by atoms with Crippen molar-refractivity contribution in [2.24, 2.45) is 0 Å². The van der Waals surface area contributed by atoms with Gasteiger partial charge < -0.3 is 4.74 Å². The van der Waals surface area contributed by atoms with Crippen LogP contribution in [0.1, 0.15) is 17.0 Å². The highest BCUT2D eigenvalue weighted by molar-refractivity contribution is 5.51. The third-order valence-corrected chi connectivity index (χ3v) is 3.05. The van der Waals surface area contributed by atoms with E-state index in [0.29, 0.717) is 0 Å². The van der Waals surface area contributed by atoms with Gasteiger partial charge in [-0.05, 0) is 23.3 Å². The van der Waals surface area contributed by atoms with E-state index in [4.69, 9.17) is 4.74 Å². The van der Waals surface area contributed by atoms with Crippen molar-refractivity contribution in [1.82, 2.24) is 0 Å². The zero-order chi connectivity index (χ0) is 13.5. The largest absolute Gasteiger partial charge is 0.497 e. The fourth-order valence-electron chi connectivity index (χ4n) is 1.93. The highest BCUT2D eigenvalue weighted by Gasteiger charge is 2.03. The quantitative estimate of drug-likeness (QED) is 0.700. The molecule has 0 fully saturated rings. The monoisotopic (exact) mass is 250 g/mol. The van der Waals surface area contributed by atoms with Gasteiger partial charge in [-0.2, -0.15) is 0 Å². The van der Waals surface area contributed by atoms with Gasteiger partial charge in [0.25, 0.3) is 0 Å². The zero-order valence-corrected chi connectivity index (χ0v) is 11.1. The summed E-state index contributed by atoms with van der Waals surface area (Å²) in [5.41, 5.74) is 2.41. The number of ether oxygens (including phenoxy) is 1. The fraction of sp³-hybridized carbons (Fsp3) is 0.111. The lowest BCUT2D eigenvalue weighted by molar-refractivity contribution is 0.414. The van der Waals surface area contributed by atoms with Crippen LogP contribution in [-0.2, 0) is 0 Å². The molecule has 1 unspecified atom stereocenters. The van der Waals surface area contributed by atoms with Crippen molar-refractivity contribution in [3.05, 3.63) is 84.5 Å². The topological polar surface area (TPSA) is 9.23 Å². The van der Waals surface area contributed by atoms with Gasteiger partial charge in [0.15, 0.2) is 0 Å². The summed E-state index contributed by atoms with van der Waals surface area (Å²) < 4.78 is 5.17. The second-order valence-corrected chi connectivity index (χ2v) is 4.30. The zero-order valence-electron chi connectivity index (χ0n) is 11.1. The first-order valence-electron chi connectivity index (χ1n) is 6.33. The summed E-state index contributed by atoms with van der Waals surface area (Å²) in [4.78, 5) is 0. The molecule has 2 aromatic rings. The van der Waals surface area contributed by atoms with Crippen LogP contribution in [0.4, 0.5) is 0 Å². The summed E-state index contributed by atoms with van der Waals surface area (Å²) in [7, 11) is 1.68. The lowest BCUT2D eigenvalue weighted by Crippen LogP contribution is -1.91. The molecule has 0 N–H and O–H groups in total. The maximum Gasteiger partial charge on any atom is 0.118 e. The highest BCUT2D eigenvalue weighted by Crippen LogP contribution is 2.22. The molecule has 1 atom stereocenters. The smallest absolute Gasteiger partial charge is 0.118 e. The molecule has 0 aliphatic heterocycles. The highest BCUT2D eigenvalue weighted by atomic mass is 16.5. The summed E-state index contributed by atoms with van der Waals surface area (Å²) in [6.45, 7) is 3.91. The molecule has 0 saturated heterocycles. The van der Waals surface area contributed by atoms with E-state index in [-0.39, 0.29) is 5.92 Å². The Morgan fingerprint density at radius 2 is 1.68 bits per heavy atom. The van der Waals surface area contributed by atoms with Crippen LogP contribution in [0.25, 0.3) is 6.08 Å². The molecule has 0 spiro atoms. The minimum atomic E-state index is 0.214. The first-order valence-corrected chi connectivity index (χ1v) is 6.33. The molecule has 0 aliphatic rings. The molecule has 0 aliphatic carbocycles. The number of methoxy groups -OCH3 is 1. The number of hydrogen-bond acceptors (Lipinski definition) is 1. The molecular formula is C18H18O. The number of benzene rings is 2. The van der Waals surface area contributed by atoms with Gasteiger partial charge in [-0.15, -0.1) is 6.58 Å². The van der Waals surface area contributed by atoms with E-state index in [9.17, 15) is 0 Å². The van der Waals surface area contributed by atoms with Crippen molar-refractivity contribution in [2.75, 3.05) is 7.11 Å². The number of allylic oxidation sites excluding steroid dienone is 2. The van der Waals surface area contributed by atoms with E-state index >= 15 is 0 Å². The second kappa shape index (κ2) is 6.60. The third kappa shape index (κ3) is 3.59. The van der Waals surface area contributed by atoms with E-state index in [1.807, 2.05) is 36.4 Å². The first-order chi connectivity index (χ1) is 9.33. The van der Waals surface area contributed by atoms with E-state index < -0.39 is 0 Å². The standard InChI is InChI=1S/C18H18O/c1-3-16(10-9-15-7-5-4-6-8-15)17-11-13-18(19-2)14-12-17/h3-14,16H,1H2,2H3/b10-9+. The molecule has 0 saturated carbocycles. The minimum absolute atomic E-state index is 0.214. The molecule has 0 heterocycles. The van der Waals surface area contributed by atoms with Gasteiger partial charge in [0.05, 0.1) is 7.11 Å². The van der Waals surface area contributed by atoms with Crippen LogP contribution in [0.15, 0.2) is 73.3 Å².